The van der Waals surface area contributed by atoms with Crippen LogP contribution in [0.3, 0.4) is 0 Å². The number of fused-ring (bicyclic) bond motifs is 1. The van der Waals surface area contributed by atoms with Gasteiger partial charge in [0.15, 0.2) is 5.65 Å². The number of anilines is 1. The Morgan fingerprint density at radius 1 is 1.14 bits per heavy atom. The summed E-state index contributed by atoms with van der Waals surface area (Å²) in [6.07, 6.45) is 3.65. The standard InChI is InChI=1S/C27H27N5O3/c1-34-17-23-19(15-28)7-10-22(27(23)31-13-3-4-20(31)16-33)25-11-12-29-26-14-24(30-32(25)26)18-5-8-21(35-2)9-6-18/h5-12,14,20,33H,3-4,13,16-17H2,1-2H3. The van der Waals surface area contributed by atoms with Gasteiger partial charge in [-0.1, -0.05) is 0 Å². The Kier molecular flexibility index (Phi) is 6.36. The van der Waals surface area contributed by atoms with E-state index in [1.807, 2.05) is 53.0 Å². The van der Waals surface area contributed by atoms with Crippen LogP contribution in [-0.2, 0) is 11.3 Å². The van der Waals surface area contributed by atoms with Crippen LogP contribution in [0.2, 0.25) is 0 Å². The Morgan fingerprint density at radius 2 is 1.97 bits per heavy atom. The number of rotatable bonds is 7. The maximum Gasteiger partial charge on any atom is 0.156 e. The van der Waals surface area contributed by atoms with Gasteiger partial charge in [0.25, 0.3) is 0 Å². The molecule has 1 saturated heterocycles. The molecule has 1 atom stereocenters. The smallest absolute Gasteiger partial charge is 0.156 e. The molecule has 0 amide bonds. The van der Waals surface area contributed by atoms with Crippen LogP contribution >= 0.6 is 0 Å². The first-order chi connectivity index (χ1) is 17.2. The zero-order chi connectivity index (χ0) is 24.4. The first-order valence-electron chi connectivity index (χ1n) is 11.6. The van der Waals surface area contributed by atoms with E-state index in [2.05, 4.69) is 16.0 Å². The minimum atomic E-state index is -0.0110. The summed E-state index contributed by atoms with van der Waals surface area (Å²) >= 11 is 0. The molecule has 0 saturated carbocycles. The Labute approximate surface area is 204 Å². The van der Waals surface area contributed by atoms with Gasteiger partial charge >= 0.3 is 0 Å². The second-order valence-electron chi connectivity index (χ2n) is 8.56. The van der Waals surface area contributed by atoms with Crippen molar-refractivity contribution >= 4 is 11.3 Å². The highest BCUT2D eigenvalue weighted by Gasteiger charge is 2.30. The van der Waals surface area contributed by atoms with Crippen molar-refractivity contribution in [1.82, 2.24) is 14.6 Å². The Bertz CT molecular complexity index is 1390. The predicted molar refractivity (Wildman–Crippen MR) is 133 cm³/mol. The monoisotopic (exact) mass is 469 g/mol. The second kappa shape index (κ2) is 9.74. The lowest BCUT2D eigenvalue weighted by molar-refractivity contribution is 0.184. The molecule has 4 aromatic rings. The van der Waals surface area contributed by atoms with Crippen LogP contribution in [0.25, 0.3) is 28.2 Å². The van der Waals surface area contributed by atoms with Gasteiger partial charge in [0.2, 0.25) is 0 Å². The van der Waals surface area contributed by atoms with Crippen LogP contribution < -0.4 is 9.64 Å². The molecule has 35 heavy (non-hydrogen) atoms. The molecule has 8 nitrogen and oxygen atoms in total. The van der Waals surface area contributed by atoms with Crippen LogP contribution in [0.5, 0.6) is 5.75 Å². The maximum atomic E-state index is 10.1. The van der Waals surface area contributed by atoms with E-state index in [9.17, 15) is 10.4 Å². The molecule has 1 N–H and O–H groups in total. The van der Waals surface area contributed by atoms with Gasteiger partial charge in [0.05, 0.1) is 55.1 Å². The minimum Gasteiger partial charge on any atom is -0.497 e. The summed E-state index contributed by atoms with van der Waals surface area (Å²) < 4.78 is 12.6. The first-order valence-corrected chi connectivity index (χ1v) is 11.6. The maximum absolute atomic E-state index is 10.1. The van der Waals surface area contributed by atoms with Crippen LogP contribution in [0.4, 0.5) is 5.69 Å². The lowest BCUT2D eigenvalue weighted by Crippen LogP contribution is -2.33. The molecular formula is C27H27N5O3. The van der Waals surface area contributed by atoms with E-state index in [0.29, 0.717) is 12.2 Å². The summed E-state index contributed by atoms with van der Waals surface area (Å²) in [5.41, 5.74) is 6.56. The number of benzene rings is 2. The van der Waals surface area contributed by atoms with Crippen molar-refractivity contribution in [3.05, 3.63) is 65.9 Å². The van der Waals surface area contributed by atoms with Gasteiger partial charge in [-0.25, -0.2) is 9.50 Å². The van der Waals surface area contributed by atoms with Crippen LogP contribution in [0.15, 0.2) is 54.7 Å². The average molecular weight is 470 g/mol. The molecule has 0 radical (unpaired) electrons. The molecule has 178 valence electrons. The van der Waals surface area contributed by atoms with Crippen molar-refractivity contribution in [3.8, 4) is 34.3 Å². The van der Waals surface area contributed by atoms with Crippen molar-refractivity contribution in [3.63, 3.8) is 0 Å². The van der Waals surface area contributed by atoms with E-state index in [-0.39, 0.29) is 12.6 Å². The predicted octanol–water partition coefficient (Wildman–Crippen LogP) is 4.05. The topological polar surface area (TPSA) is 95.9 Å². The average Bonchev–Trinajstić information content (AvgIpc) is 3.55. The molecular weight excluding hydrogens is 442 g/mol. The molecule has 1 unspecified atom stereocenters. The van der Waals surface area contributed by atoms with E-state index < -0.39 is 0 Å². The molecule has 0 aliphatic carbocycles. The van der Waals surface area contributed by atoms with E-state index in [4.69, 9.17) is 14.6 Å². The lowest BCUT2D eigenvalue weighted by atomic mass is 9.97. The number of methoxy groups -OCH3 is 2. The molecule has 5 rings (SSSR count). The highest BCUT2D eigenvalue weighted by Crippen LogP contribution is 2.40. The van der Waals surface area contributed by atoms with Crippen LogP contribution in [0, 0.1) is 11.3 Å². The Balaban J connectivity index is 1.71. The molecule has 2 aromatic carbocycles. The van der Waals surface area contributed by atoms with Crippen molar-refractivity contribution < 1.29 is 14.6 Å². The third kappa shape index (κ3) is 4.09. The summed E-state index contributed by atoms with van der Waals surface area (Å²) in [5, 5.41) is 24.8. The van der Waals surface area contributed by atoms with Gasteiger partial charge in [-0.05, 0) is 55.3 Å². The molecule has 0 spiro atoms. The zero-order valence-corrected chi connectivity index (χ0v) is 19.8. The Hall–Kier alpha value is -3.93. The fraction of sp³-hybridized carbons (Fsp3) is 0.296. The van der Waals surface area contributed by atoms with Crippen molar-refractivity contribution in [2.45, 2.75) is 25.5 Å². The van der Waals surface area contributed by atoms with Crippen LogP contribution in [0.1, 0.15) is 24.0 Å². The number of aliphatic hydroxyl groups is 1. The third-order valence-electron chi connectivity index (χ3n) is 6.59. The molecule has 3 heterocycles. The fourth-order valence-electron chi connectivity index (χ4n) is 4.89. The van der Waals surface area contributed by atoms with E-state index >= 15 is 0 Å². The molecule has 1 aliphatic rings. The highest BCUT2D eigenvalue weighted by atomic mass is 16.5. The minimum absolute atomic E-state index is 0.0110. The number of hydrogen-bond donors (Lipinski definition) is 1. The summed E-state index contributed by atoms with van der Waals surface area (Å²) in [6.45, 7) is 1.15. The third-order valence-corrected chi connectivity index (χ3v) is 6.59. The normalized spacial score (nSPS) is 15.5. The molecule has 2 aromatic heterocycles. The van der Waals surface area contributed by atoms with Gasteiger partial charge in [0.1, 0.15) is 5.75 Å². The van der Waals surface area contributed by atoms with E-state index in [1.165, 1.54) is 0 Å². The van der Waals surface area contributed by atoms with Crippen LogP contribution in [-0.4, -0.2) is 53.1 Å². The number of hydrogen-bond acceptors (Lipinski definition) is 7. The first kappa shape index (κ1) is 22.8. The fourth-order valence-corrected chi connectivity index (χ4v) is 4.89. The number of aromatic nitrogens is 3. The molecule has 8 heteroatoms. The number of nitriles is 1. The molecule has 1 fully saturated rings. The van der Waals surface area contributed by atoms with Gasteiger partial charge in [-0.2, -0.15) is 10.4 Å². The van der Waals surface area contributed by atoms with Crippen molar-refractivity contribution in [2.24, 2.45) is 0 Å². The van der Waals surface area contributed by atoms with Crippen molar-refractivity contribution in [2.75, 3.05) is 32.3 Å². The van der Waals surface area contributed by atoms with Crippen molar-refractivity contribution in [1.29, 1.82) is 5.26 Å². The van der Waals surface area contributed by atoms with E-state index in [0.717, 1.165) is 64.5 Å². The highest BCUT2D eigenvalue weighted by molar-refractivity contribution is 5.83. The summed E-state index contributed by atoms with van der Waals surface area (Å²) in [5.74, 6) is 0.785. The SMILES string of the molecule is COCc1c(C#N)ccc(-c2ccnc3cc(-c4ccc(OC)cc4)nn23)c1N1CCCC1CO. The number of aliphatic hydroxyl groups excluding tert-OH is 1. The Morgan fingerprint density at radius 3 is 2.69 bits per heavy atom. The molecule has 1 aliphatic heterocycles. The van der Waals surface area contributed by atoms with Gasteiger partial charge in [-0.3, -0.25) is 0 Å². The summed E-state index contributed by atoms with van der Waals surface area (Å²) in [6, 6.07) is 17.7. The number of ether oxygens (including phenoxy) is 2. The largest absolute Gasteiger partial charge is 0.497 e. The van der Waals surface area contributed by atoms with E-state index in [1.54, 1.807) is 20.4 Å². The zero-order valence-electron chi connectivity index (χ0n) is 19.8. The van der Waals surface area contributed by atoms with Gasteiger partial charge < -0.3 is 19.5 Å². The summed E-state index contributed by atoms with van der Waals surface area (Å²) in [4.78, 5) is 6.76. The number of nitrogens with zero attached hydrogens (tertiary/aromatic N) is 5. The van der Waals surface area contributed by atoms with Gasteiger partial charge in [0, 0.05) is 42.6 Å². The van der Waals surface area contributed by atoms with Gasteiger partial charge in [-0.15, -0.1) is 0 Å². The summed E-state index contributed by atoms with van der Waals surface area (Å²) in [7, 11) is 3.27. The lowest BCUT2D eigenvalue weighted by Gasteiger charge is -2.30. The molecule has 0 bridgehead atoms. The second-order valence-corrected chi connectivity index (χ2v) is 8.56. The quantitative estimate of drug-likeness (QED) is 0.436.